The van der Waals surface area contributed by atoms with Crippen molar-refractivity contribution in [1.82, 2.24) is 0 Å². The third-order valence-electron chi connectivity index (χ3n) is 3.85. The maximum Gasteiger partial charge on any atom is 0.0885 e. The van der Waals surface area contributed by atoms with Crippen molar-refractivity contribution < 1.29 is 4.48 Å². The maximum atomic E-state index is 2.37. The van der Waals surface area contributed by atoms with Gasteiger partial charge in [0.15, 0.2) is 0 Å². The lowest BCUT2D eigenvalue weighted by molar-refractivity contribution is -0.936. The lowest BCUT2D eigenvalue weighted by Gasteiger charge is -2.42. The highest BCUT2D eigenvalue weighted by Gasteiger charge is 2.30. The molecule has 2 atom stereocenters. The number of nitrogens with zero attached hydrogens (tertiary/aromatic N) is 1. The zero-order valence-electron chi connectivity index (χ0n) is 9.89. The zero-order valence-corrected chi connectivity index (χ0v) is 9.89. The van der Waals surface area contributed by atoms with Crippen molar-refractivity contribution in [1.29, 1.82) is 0 Å². The molecule has 0 radical (unpaired) electrons. The summed E-state index contributed by atoms with van der Waals surface area (Å²) >= 11 is 0. The third-order valence-corrected chi connectivity index (χ3v) is 3.85. The highest BCUT2D eigenvalue weighted by molar-refractivity contribution is 4.61. The van der Waals surface area contributed by atoms with E-state index in [1.165, 1.54) is 6.42 Å². The van der Waals surface area contributed by atoms with Crippen LogP contribution in [0.15, 0.2) is 0 Å². The lowest BCUT2D eigenvalue weighted by Crippen LogP contribution is -2.54. The van der Waals surface area contributed by atoms with E-state index in [9.17, 15) is 0 Å². The number of hydrogen-bond acceptors (Lipinski definition) is 0. The van der Waals surface area contributed by atoms with Crippen molar-refractivity contribution in [3.63, 3.8) is 0 Å². The van der Waals surface area contributed by atoms with E-state index < -0.39 is 0 Å². The Hall–Kier alpha value is -0.0400. The molecule has 2 unspecified atom stereocenters. The van der Waals surface area contributed by atoms with Gasteiger partial charge in [-0.2, -0.15) is 0 Å². The Balaban J connectivity index is 4.34. The van der Waals surface area contributed by atoms with Crippen LogP contribution < -0.4 is 0 Å². The molecule has 0 saturated carbocycles. The Morgan fingerprint density at radius 1 is 1.00 bits per heavy atom. The summed E-state index contributed by atoms with van der Waals surface area (Å²) in [6, 6.07) is 1.48. The van der Waals surface area contributed by atoms with Crippen molar-refractivity contribution >= 4 is 0 Å². The molecule has 1 heteroatoms. The van der Waals surface area contributed by atoms with Crippen molar-refractivity contribution in [2.24, 2.45) is 5.92 Å². The molecule has 0 aliphatic carbocycles. The summed E-state index contributed by atoms with van der Waals surface area (Å²) in [6.45, 7) is 11.6. The van der Waals surface area contributed by atoms with Gasteiger partial charge in [0.05, 0.1) is 26.2 Å². The Morgan fingerprint density at radius 2 is 1.42 bits per heavy atom. The molecule has 0 aliphatic heterocycles. The first-order valence-corrected chi connectivity index (χ1v) is 5.17. The van der Waals surface area contributed by atoms with Gasteiger partial charge in [0.25, 0.3) is 0 Å². The van der Waals surface area contributed by atoms with Crippen molar-refractivity contribution in [2.75, 3.05) is 14.1 Å². The van der Waals surface area contributed by atoms with Crippen molar-refractivity contribution in [2.45, 2.75) is 53.1 Å². The van der Waals surface area contributed by atoms with E-state index in [2.05, 4.69) is 48.7 Å². The van der Waals surface area contributed by atoms with Crippen LogP contribution in [0.5, 0.6) is 0 Å². The van der Waals surface area contributed by atoms with Crippen LogP contribution in [0.1, 0.15) is 41.0 Å². The predicted octanol–water partition coefficient (Wildman–Crippen LogP) is 2.91. The minimum absolute atomic E-state index is 0.717. The van der Waals surface area contributed by atoms with Gasteiger partial charge in [-0.1, -0.05) is 13.8 Å². The SMILES string of the molecule is CCC(C)C(C)[N+](C)(C)C(C)C. The molecule has 74 valence electrons. The Labute approximate surface area is 78.4 Å². The van der Waals surface area contributed by atoms with Gasteiger partial charge in [-0.15, -0.1) is 0 Å². The Bertz CT molecular complexity index is 127. The topological polar surface area (TPSA) is 0 Å². The first-order valence-electron chi connectivity index (χ1n) is 5.17. The van der Waals surface area contributed by atoms with Gasteiger partial charge in [0, 0.05) is 5.92 Å². The van der Waals surface area contributed by atoms with Crippen molar-refractivity contribution in [3.05, 3.63) is 0 Å². The molecule has 0 rings (SSSR count). The molecule has 0 amide bonds. The Kier molecular flexibility index (Phi) is 4.25. The van der Waals surface area contributed by atoms with E-state index in [4.69, 9.17) is 0 Å². The first-order chi connectivity index (χ1) is 5.34. The molecule has 0 heterocycles. The fourth-order valence-electron chi connectivity index (χ4n) is 1.47. The predicted molar refractivity (Wildman–Crippen MR) is 56.2 cm³/mol. The normalized spacial score (nSPS) is 18.0. The van der Waals surface area contributed by atoms with Crippen molar-refractivity contribution in [3.8, 4) is 0 Å². The second kappa shape index (κ2) is 4.27. The van der Waals surface area contributed by atoms with Gasteiger partial charge in [-0.25, -0.2) is 0 Å². The maximum absolute atomic E-state index is 2.37. The summed E-state index contributed by atoms with van der Waals surface area (Å²) in [7, 11) is 4.67. The highest BCUT2D eigenvalue weighted by atomic mass is 15.3. The molecular formula is C11H26N+. The highest BCUT2D eigenvalue weighted by Crippen LogP contribution is 2.21. The second-order valence-electron chi connectivity index (χ2n) is 4.85. The summed E-state index contributed by atoms with van der Waals surface area (Å²) in [6.07, 6.45) is 1.29. The van der Waals surface area contributed by atoms with Gasteiger partial charge in [-0.3, -0.25) is 0 Å². The number of quaternary nitrogens is 1. The van der Waals surface area contributed by atoms with Crippen LogP contribution in [0.25, 0.3) is 0 Å². The molecule has 0 bridgehead atoms. The average molecular weight is 172 g/mol. The summed E-state index contributed by atoms with van der Waals surface area (Å²) < 4.78 is 1.13. The summed E-state index contributed by atoms with van der Waals surface area (Å²) in [5.41, 5.74) is 0. The quantitative estimate of drug-likeness (QED) is 0.572. The van der Waals surface area contributed by atoms with Gasteiger partial charge < -0.3 is 4.48 Å². The summed E-state index contributed by atoms with van der Waals surface area (Å²) in [5, 5.41) is 0. The van der Waals surface area contributed by atoms with E-state index in [1.807, 2.05) is 0 Å². The minimum atomic E-state index is 0.717. The summed E-state index contributed by atoms with van der Waals surface area (Å²) in [5.74, 6) is 0.822. The van der Waals surface area contributed by atoms with Crippen LogP contribution in [0.2, 0.25) is 0 Å². The Morgan fingerprint density at radius 3 is 1.67 bits per heavy atom. The molecule has 0 saturated heterocycles. The van der Waals surface area contributed by atoms with Gasteiger partial charge >= 0.3 is 0 Å². The van der Waals surface area contributed by atoms with Crippen LogP contribution in [0.3, 0.4) is 0 Å². The van der Waals surface area contributed by atoms with Crippen LogP contribution in [0, 0.1) is 5.92 Å². The minimum Gasteiger partial charge on any atom is -0.324 e. The average Bonchev–Trinajstić information content (AvgIpc) is 2.01. The third kappa shape index (κ3) is 2.48. The van der Waals surface area contributed by atoms with E-state index in [1.54, 1.807) is 0 Å². The lowest BCUT2D eigenvalue weighted by atomic mass is 9.96. The standard InChI is InChI=1S/C11H26N/c1-8-10(4)11(5)12(6,7)9(2)3/h9-11H,8H2,1-7H3/q+1. The first kappa shape index (κ1) is 12.0. The second-order valence-corrected chi connectivity index (χ2v) is 4.85. The van der Waals surface area contributed by atoms with Crippen LogP contribution in [0.4, 0.5) is 0 Å². The van der Waals surface area contributed by atoms with E-state index >= 15 is 0 Å². The molecule has 1 nitrogen and oxygen atoms in total. The fraction of sp³-hybridized carbons (Fsp3) is 1.00. The monoisotopic (exact) mass is 172 g/mol. The van der Waals surface area contributed by atoms with Crippen LogP contribution in [-0.4, -0.2) is 30.7 Å². The van der Waals surface area contributed by atoms with Gasteiger partial charge in [-0.05, 0) is 27.2 Å². The number of rotatable bonds is 4. The summed E-state index contributed by atoms with van der Waals surface area (Å²) in [4.78, 5) is 0. The largest absolute Gasteiger partial charge is 0.324 e. The molecule has 0 aromatic heterocycles. The molecule has 0 fully saturated rings. The molecule has 12 heavy (non-hydrogen) atoms. The smallest absolute Gasteiger partial charge is 0.0885 e. The van der Waals surface area contributed by atoms with E-state index in [0.29, 0.717) is 6.04 Å². The fourth-order valence-corrected chi connectivity index (χ4v) is 1.47. The van der Waals surface area contributed by atoms with E-state index in [0.717, 1.165) is 16.4 Å². The molecule has 0 aliphatic rings. The molecule has 0 aromatic carbocycles. The van der Waals surface area contributed by atoms with Crippen LogP contribution >= 0.6 is 0 Å². The molecular weight excluding hydrogens is 146 g/mol. The van der Waals surface area contributed by atoms with Crippen LogP contribution in [-0.2, 0) is 0 Å². The number of hydrogen-bond donors (Lipinski definition) is 0. The van der Waals surface area contributed by atoms with E-state index in [-0.39, 0.29) is 0 Å². The molecule has 0 aromatic rings. The molecule has 0 spiro atoms. The zero-order chi connectivity index (χ0) is 9.94. The van der Waals surface area contributed by atoms with Gasteiger partial charge in [0.2, 0.25) is 0 Å². The molecule has 0 N–H and O–H groups in total. The van der Waals surface area contributed by atoms with Gasteiger partial charge in [0.1, 0.15) is 0 Å².